The van der Waals surface area contributed by atoms with Crippen LogP contribution in [0.4, 0.5) is 0 Å². The number of furan rings is 1. The number of hydrogen-bond acceptors (Lipinski definition) is 5. The second kappa shape index (κ2) is 8.71. The van der Waals surface area contributed by atoms with Gasteiger partial charge in [-0.05, 0) is 18.6 Å². The van der Waals surface area contributed by atoms with E-state index in [4.69, 9.17) is 13.9 Å². The summed E-state index contributed by atoms with van der Waals surface area (Å²) in [6.45, 7) is 2.19. The molecule has 146 valence electrons. The van der Waals surface area contributed by atoms with Crippen molar-refractivity contribution >= 4 is 22.8 Å². The van der Waals surface area contributed by atoms with E-state index in [-0.39, 0.29) is 18.3 Å². The topological polar surface area (TPSA) is 69.0 Å². The summed E-state index contributed by atoms with van der Waals surface area (Å²) in [7, 11) is 3.22. The SMILES string of the molecule is COCc1c(C(=O)O[C@@H](C)C(=O)N(C)Cc2ccccc2)oc2ccccc12. The molecule has 0 fully saturated rings. The smallest absolute Gasteiger partial charge is 0.375 e. The van der Waals surface area contributed by atoms with Crippen LogP contribution in [0.25, 0.3) is 11.0 Å². The molecule has 0 N–H and O–H groups in total. The molecule has 1 aromatic heterocycles. The Morgan fingerprint density at radius 2 is 1.75 bits per heavy atom. The van der Waals surface area contributed by atoms with Crippen LogP contribution in [-0.2, 0) is 27.4 Å². The first-order valence-corrected chi connectivity index (χ1v) is 9.00. The highest BCUT2D eigenvalue weighted by molar-refractivity contribution is 5.97. The molecule has 0 aliphatic rings. The fraction of sp³-hybridized carbons (Fsp3) is 0.273. The van der Waals surface area contributed by atoms with Crippen molar-refractivity contribution in [3.8, 4) is 0 Å². The van der Waals surface area contributed by atoms with Crippen LogP contribution in [-0.4, -0.2) is 37.0 Å². The molecule has 0 saturated carbocycles. The van der Waals surface area contributed by atoms with Crippen molar-refractivity contribution in [2.24, 2.45) is 0 Å². The second-order valence-corrected chi connectivity index (χ2v) is 6.57. The Hall–Kier alpha value is -3.12. The van der Waals surface area contributed by atoms with E-state index in [0.717, 1.165) is 10.9 Å². The quantitative estimate of drug-likeness (QED) is 0.583. The van der Waals surface area contributed by atoms with Crippen molar-refractivity contribution in [3.63, 3.8) is 0 Å². The van der Waals surface area contributed by atoms with Gasteiger partial charge in [-0.15, -0.1) is 0 Å². The predicted molar refractivity (Wildman–Crippen MR) is 105 cm³/mol. The van der Waals surface area contributed by atoms with E-state index in [1.807, 2.05) is 48.5 Å². The summed E-state index contributed by atoms with van der Waals surface area (Å²) in [5, 5.41) is 0.788. The molecule has 6 nitrogen and oxygen atoms in total. The Labute approximate surface area is 163 Å². The third-order valence-electron chi connectivity index (χ3n) is 4.44. The maximum atomic E-state index is 12.7. The van der Waals surface area contributed by atoms with Crippen LogP contribution in [0.5, 0.6) is 0 Å². The molecule has 1 heterocycles. The van der Waals surface area contributed by atoms with E-state index in [0.29, 0.717) is 17.7 Å². The molecule has 0 saturated heterocycles. The largest absolute Gasteiger partial charge is 0.449 e. The minimum Gasteiger partial charge on any atom is -0.449 e. The zero-order valence-corrected chi connectivity index (χ0v) is 16.2. The summed E-state index contributed by atoms with van der Waals surface area (Å²) in [5.41, 5.74) is 2.18. The normalized spacial score (nSPS) is 12.0. The van der Waals surface area contributed by atoms with Gasteiger partial charge in [0.2, 0.25) is 5.76 Å². The monoisotopic (exact) mass is 381 g/mol. The molecule has 6 heteroatoms. The number of fused-ring (bicyclic) bond motifs is 1. The number of benzene rings is 2. The highest BCUT2D eigenvalue weighted by Crippen LogP contribution is 2.27. The van der Waals surface area contributed by atoms with Crippen LogP contribution in [0.15, 0.2) is 59.0 Å². The lowest BCUT2D eigenvalue weighted by atomic mass is 10.1. The second-order valence-electron chi connectivity index (χ2n) is 6.57. The first kappa shape index (κ1) is 19.6. The van der Waals surface area contributed by atoms with Crippen molar-refractivity contribution in [2.75, 3.05) is 14.2 Å². The Morgan fingerprint density at radius 1 is 1.07 bits per heavy atom. The fourth-order valence-electron chi connectivity index (χ4n) is 3.06. The molecule has 2 aromatic carbocycles. The van der Waals surface area contributed by atoms with Gasteiger partial charge >= 0.3 is 5.97 Å². The molecule has 3 rings (SSSR count). The number of ether oxygens (including phenoxy) is 2. The molecule has 0 aliphatic carbocycles. The minimum atomic E-state index is -0.940. The van der Waals surface area contributed by atoms with Crippen LogP contribution in [0.3, 0.4) is 0 Å². The van der Waals surface area contributed by atoms with Crippen LogP contribution in [0.1, 0.15) is 28.6 Å². The number of hydrogen-bond donors (Lipinski definition) is 0. The molecular weight excluding hydrogens is 358 g/mol. The van der Waals surface area contributed by atoms with Crippen molar-refractivity contribution in [1.29, 1.82) is 0 Å². The third-order valence-corrected chi connectivity index (χ3v) is 4.44. The molecule has 3 aromatic rings. The Bertz CT molecular complexity index is 963. The molecule has 0 unspecified atom stereocenters. The average Bonchev–Trinajstić information content (AvgIpc) is 3.07. The molecule has 0 radical (unpaired) electrons. The summed E-state index contributed by atoms with van der Waals surface area (Å²) in [6.07, 6.45) is -0.940. The minimum absolute atomic E-state index is 0.0633. The average molecular weight is 381 g/mol. The lowest BCUT2D eigenvalue weighted by Gasteiger charge is -2.21. The summed E-state index contributed by atoms with van der Waals surface area (Å²) in [4.78, 5) is 26.8. The van der Waals surface area contributed by atoms with E-state index < -0.39 is 12.1 Å². The van der Waals surface area contributed by atoms with E-state index in [1.54, 1.807) is 27.1 Å². The third kappa shape index (κ3) is 4.23. The van der Waals surface area contributed by atoms with Gasteiger partial charge in [-0.3, -0.25) is 4.79 Å². The van der Waals surface area contributed by atoms with Crippen molar-refractivity contribution < 1.29 is 23.5 Å². The summed E-state index contributed by atoms with van der Waals surface area (Å²) < 4.78 is 16.3. The van der Waals surface area contributed by atoms with E-state index in [9.17, 15) is 9.59 Å². The number of methoxy groups -OCH3 is 1. The van der Waals surface area contributed by atoms with E-state index >= 15 is 0 Å². The standard InChI is InChI=1S/C22H23NO5/c1-15(21(24)23(2)13-16-9-5-4-6-10-16)27-22(25)20-18(14-26-3)17-11-7-8-12-19(17)28-20/h4-12,15H,13-14H2,1-3H3/t15-/m0/s1. The van der Waals surface area contributed by atoms with Crippen LogP contribution < -0.4 is 0 Å². The Kier molecular flexibility index (Phi) is 6.11. The van der Waals surface area contributed by atoms with Gasteiger partial charge in [0.25, 0.3) is 5.91 Å². The van der Waals surface area contributed by atoms with E-state index in [2.05, 4.69) is 0 Å². The van der Waals surface area contributed by atoms with Gasteiger partial charge in [0.15, 0.2) is 6.10 Å². The van der Waals surface area contributed by atoms with Gasteiger partial charge in [0.05, 0.1) is 6.61 Å². The maximum absolute atomic E-state index is 12.7. The van der Waals surface area contributed by atoms with Gasteiger partial charge in [-0.25, -0.2) is 4.79 Å². The number of rotatable bonds is 7. The zero-order valence-electron chi connectivity index (χ0n) is 16.2. The molecule has 28 heavy (non-hydrogen) atoms. The number of esters is 1. The van der Waals surface area contributed by atoms with Gasteiger partial charge < -0.3 is 18.8 Å². The van der Waals surface area contributed by atoms with Crippen LogP contribution >= 0.6 is 0 Å². The number of amides is 1. The Balaban J connectivity index is 1.72. The molecule has 1 amide bonds. The summed E-state index contributed by atoms with van der Waals surface area (Å²) >= 11 is 0. The molecule has 0 spiro atoms. The Morgan fingerprint density at radius 3 is 2.46 bits per heavy atom. The summed E-state index contributed by atoms with van der Waals surface area (Å²) in [6, 6.07) is 16.9. The molecular formula is C22H23NO5. The molecule has 1 atom stereocenters. The number of likely N-dealkylation sites (N-methyl/N-ethyl adjacent to an activating group) is 1. The fourth-order valence-corrected chi connectivity index (χ4v) is 3.06. The van der Waals surface area contributed by atoms with Gasteiger partial charge in [-0.1, -0.05) is 48.5 Å². The lowest BCUT2D eigenvalue weighted by Crippen LogP contribution is -2.37. The number of nitrogens with zero attached hydrogens (tertiary/aromatic N) is 1. The van der Waals surface area contributed by atoms with E-state index in [1.165, 1.54) is 4.90 Å². The van der Waals surface area contributed by atoms with Gasteiger partial charge in [0.1, 0.15) is 5.58 Å². The first-order valence-electron chi connectivity index (χ1n) is 9.00. The highest BCUT2D eigenvalue weighted by atomic mass is 16.6. The van der Waals surface area contributed by atoms with Gasteiger partial charge in [0, 0.05) is 31.7 Å². The van der Waals surface area contributed by atoms with Crippen molar-refractivity contribution in [1.82, 2.24) is 4.90 Å². The molecule has 0 aliphatic heterocycles. The predicted octanol–water partition coefficient (Wildman–Crippen LogP) is 3.78. The van der Waals surface area contributed by atoms with Crippen LogP contribution in [0, 0.1) is 0 Å². The number of para-hydroxylation sites is 1. The molecule has 0 bridgehead atoms. The zero-order chi connectivity index (χ0) is 20.1. The van der Waals surface area contributed by atoms with Crippen molar-refractivity contribution in [2.45, 2.75) is 26.2 Å². The maximum Gasteiger partial charge on any atom is 0.375 e. The summed E-state index contributed by atoms with van der Waals surface area (Å²) in [5.74, 6) is -0.910. The number of carbonyl (C=O) groups excluding carboxylic acids is 2. The lowest BCUT2D eigenvalue weighted by molar-refractivity contribution is -0.139. The highest BCUT2D eigenvalue weighted by Gasteiger charge is 2.27. The van der Waals surface area contributed by atoms with Crippen LogP contribution in [0.2, 0.25) is 0 Å². The number of carbonyl (C=O) groups is 2. The van der Waals surface area contributed by atoms with Crippen molar-refractivity contribution in [3.05, 3.63) is 71.5 Å². The van der Waals surface area contributed by atoms with Gasteiger partial charge in [-0.2, -0.15) is 0 Å². The first-order chi connectivity index (χ1) is 13.5.